The Morgan fingerprint density at radius 2 is 2.12 bits per heavy atom. The van der Waals surface area contributed by atoms with E-state index >= 15 is 0 Å². The molecule has 0 saturated heterocycles. The fraction of sp³-hybridized carbons (Fsp3) is 0. The lowest BCUT2D eigenvalue weighted by Crippen LogP contribution is -2.18. The predicted octanol–water partition coefficient (Wildman–Crippen LogP) is 2.18. The molecule has 5 heteroatoms. The quantitative estimate of drug-likeness (QED) is 0.651. The van der Waals surface area contributed by atoms with E-state index in [-0.39, 0.29) is 5.56 Å². The summed E-state index contributed by atoms with van der Waals surface area (Å²) in [4.78, 5) is 11.5. The van der Waals surface area contributed by atoms with Gasteiger partial charge in [-0.05, 0) is 24.3 Å². The van der Waals surface area contributed by atoms with Gasteiger partial charge in [-0.1, -0.05) is 12.1 Å². The first-order valence-corrected chi connectivity index (χ1v) is 4.89. The number of carbonyl (C=O) groups excluding carboxylic acids is 1. The van der Waals surface area contributed by atoms with Gasteiger partial charge in [-0.3, -0.25) is 4.79 Å². The fourth-order valence-corrected chi connectivity index (χ4v) is 1.22. The van der Waals surface area contributed by atoms with Crippen LogP contribution in [0.2, 0.25) is 0 Å². The molecule has 0 aliphatic heterocycles. The minimum atomic E-state index is -0.606. The second kappa shape index (κ2) is 5.07. The maximum Gasteiger partial charge on any atom is 0.274 e. The molecule has 4 nitrogen and oxygen atoms in total. The number of nitrogens with one attached hydrogen (secondary N) is 1. The Morgan fingerprint density at radius 1 is 1.29 bits per heavy atom. The van der Waals surface area contributed by atoms with Crippen LogP contribution in [0.5, 0.6) is 0 Å². The highest BCUT2D eigenvalue weighted by molar-refractivity contribution is 5.94. The summed E-state index contributed by atoms with van der Waals surface area (Å²) >= 11 is 0. The molecule has 0 aliphatic carbocycles. The van der Waals surface area contributed by atoms with Gasteiger partial charge in [0.05, 0.1) is 18.0 Å². The lowest BCUT2D eigenvalue weighted by atomic mass is 10.2. The molecule has 0 bridgehead atoms. The van der Waals surface area contributed by atoms with Gasteiger partial charge in [-0.2, -0.15) is 5.10 Å². The number of carbonyl (C=O) groups is 1. The number of furan rings is 1. The molecule has 0 saturated carbocycles. The van der Waals surface area contributed by atoms with Crippen molar-refractivity contribution in [2.24, 2.45) is 5.10 Å². The molecule has 1 heterocycles. The van der Waals surface area contributed by atoms with Crippen molar-refractivity contribution in [3.8, 4) is 0 Å². The van der Waals surface area contributed by atoms with Crippen molar-refractivity contribution >= 4 is 12.1 Å². The van der Waals surface area contributed by atoms with Crippen LogP contribution >= 0.6 is 0 Å². The van der Waals surface area contributed by atoms with Crippen molar-refractivity contribution in [1.82, 2.24) is 5.43 Å². The Bertz CT molecular complexity index is 535. The molecule has 2 rings (SSSR count). The highest BCUT2D eigenvalue weighted by Crippen LogP contribution is 2.05. The lowest BCUT2D eigenvalue weighted by molar-refractivity contribution is 0.0951. The van der Waals surface area contributed by atoms with E-state index in [1.165, 1.54) is 30.7 Å². The minimum Gasteiger partial charge on any atom is -0.463 e. The molecule has 17 heavy (non-hydrogen) atoms. The molecule has 0 unspecified atom stereocenters. The zero-order valence-electron chi connectivity index (χ0n) is 8.76. The van der Waals surface area contributed by atoms with E-state index in [0.717, 1.165) is 0 Å². The first kappa shape index (κ1) is 11.1. The molecular weight excluding hydrogens is 223 g/mol. The first-order valence-electron chi connectivity index (χ1n) is 4.89. The number of hydrogen-bond acceptors (Lipinski definition) is 3. The Morgan fingerprint density at radius 3 is 2.82 bits per heavy atom. The van der Waals surface area contributed by atoms with Gasteiger partial charge in [0.2, 0.25) is 0 Å². The molecule has 1 amide bonds. The normalized spacial score (nSPS) is 10.6. The van der Waals surface area contributed by atoms with Gasteiger partial charge in [-0.25, -0.2) is 9.82 Å². The SMILES string of the molecule is O=C(NN=Cc1ccco1)c1ccccc1F. The Kier molecular flexibility index (Phi) is 3.30. The molecule has 1 aromatic carbocycles. The fourth-order valence-electron chi connectivity index (χ4n) is 1.22. The van der Waals surface area contributed by atoms with Gasteiger partial charge in [0.1, 0.15) is 11.6 Å². The smallest absolute Gasteiger partial charge is 0.274 e. The summed E-state index contributed by atoms with van der Waals surface area (Å²) in [5.41, 5.74) is 2.16. The first-order chi connectivity index (χ1) is 8.27. The van der Waals surface area contributed by atoms with E-state index in [4.69, 9.17) is 4.42 Å². The molecule has 86 valence electrons. The molecule has 0 atom stereocenters. The molecule has 0 spiro atoms. The molecule has 0 radical (unpaired) electrons. The molecule has 2 aromatic rings. The van der Waals surface area contributed by atoms with Crippen LogP contribution < -0.4 is 5.43 Å². The third-order valence-electron chi connectivity index (χ3n) is 2.02. The molecule has 1 N–H and O–H groups in total. The standard InChI is InChI=1S/C12H9FN2O2/c13-11-6-2-1-5-10(11)12(16)15-14-8-9-4-3-7-17-9/h1-8H,(H,15,16). The summed E-state index contributed by atoms with van der Waals surface area (Å²) in [6.45, 7) is 0. The van der Waals surface area contributed by atoms with E-state index in [1.807, 2.05) is 0 Å². The van der Waals surface area contributed by atoms with Crippen LogP contribution in [0.15, 0.2) is 52.2 Å². The van der Waals surface area contributed by atoms with Crippen LogP contribution in [0.25, 0.3) is 0 Å². The Hall–Kier alpha value is -2.43. The summed E-state index contributed by atoms with van der Waals surface area (Å²) in [5.74, 6) is -0.692. The van der Waals surface area contributed by atoms with E-state index in [9.17, 15) is 9.18 Å². The zero-order chi connectivity index (χ0) is 12.1. The number of rotatable bonds is 3. The third-order valence-corrected chi connectivity index (χ3v) is 2.02. The summed E-state index contributed by atoms with van der Waals surface area (Å²) in [7, 11) is 0. The number of hydrazone groups is 1. The summed E-state index contributed by atoms with van der Waals surface area (Å²) in [6.07, 6.45) is 2.82. The minimum absolute atomic E-state index is 0.0518. The topological polar surface area (TPSA) is 54.6 Å². The predicted molar refractivity (Wildman–Crippen MR) is 60.2 cm³/mol. The number of amides is 1. The van der Waals surface area contributed by atoms with Crippen molar-refractivity contribution in [3.05, 3.63) is 59.8 Å². The monoisotopic (exact) mass is 232 g/mol. The van der Waals surface area contributed by atoms with E-state index in [1.54, 1.807) is 18.2 Å². The van der Waals surface area contributed by atoms with Gasteiger partial charge in [0.15, 0.2) is 0 Å². The average Bonchev–Trinajstić information content (AvgIpc) is 2.82. The van der Waals surface area contributed by atoms with Crippen LogP contribution in [-0.4, -0.2) is 12.1 Å². The average molecular weight is 232 g/mol. The van der Waals surface area contributed by atoms with Crippen molar-refractivity contribution in [3.63, 3.8) is 0 Å². The number of nitrogens with zero attached hydrogens (tertiary/aromatic N) is 1. The van der Waals surface area contributed by atoms with E-state index in [2.05, 4.69) is 10.5 Å². The molecule has 1 aromatic heterocycles. The summed E-state index contributed by atoms with van der Waals surface area (Å²) in [5, 5.41) is 3.65. The Balaban J connectivity index is 2.01. The van der Waals surface area contributed by atoms with Gasteiger partial charge in [0.25, 0.3) is 5.91 Å². The van der Waals surface area contributed by atoms with Crippen molar-refractivity contribution in [2.45, 2.75) is 0 Å². The molecule has 0 aliphatic rings. The van der Waals surface area contributed by atoms with Gasteiger partial charge >= 0.3 is 0 Å². The highest BCUT2D eigenvalue weighted by atomic mass is 19.1. The lowest BCUT2D eigenvalue weighted by Gasteiger charge is -1.99. The maximum atomic E-state index is 13.2. The van der Waals surface area contributed by atoms with E-state index in [0.29, 0.717) is 5.76 Å². The van der Waals surface area contributed by atoms with Gasteiger partial charge < -0.3 is 4.42 Å². The molecule has 0 fully saturated rings. The van der Waals surface area contributed by atoms with Gasteiger partial charge in [-0.15, -0.1) is 0 Å². The zero-order valence-corrected chi connectivity index (χ0v) is 8.76. The van der Waals surface area contributed by atoms with E-state index < -0.39 is 11.7 Å². The second-order valence-corrected chi connectivity index (χ2v) is 3.19. The van der Waals surface area contributed by atoms with Gasteiger partial charge in [0, 0.05) is 0 Å². The second-order valence-electron chi connectivity index (χ2n) is 3.19. The molecular formula is C12H9FN2O2. The van der Waals surface area contributed by atoms with Crippen LogP contribution in [0.1, 0.15) is 16.1 Å². The van der Waals surface area contributed by atoms with Crippen molar-refractivity contribution in [1.29, 1.82) is 0 Å². The van der Waals surface area contributed by atoms with Crippen LogP contribution in [-0.2, 0) is 0 Å². The number of hydrogen-bond donors (Lipinski definition) is 1. The van der Waals surface area contributed by atoms with Crippen molar-refractivity contribution < 1.29 is 13.6 Å². The number of halogens is 1. The maximum absolute atomic E-state index is 13.2. The summed E-state index contributed by atoms with van der Waals surface area (Å²) in [6, 6.07) is 9.06. The van der Waals surface area contributed by atoms with Crippen molar-refractivity contribution in [2.75, 3.05) is 0 Å². The Labute approximate surface area is 96.8 Å². The van der Waals surface area contributed by atoms with Crippen LogP contribution in [0.3, 0.4) is 0 Å². The summed E-state index contributed by atoms with van der Waals surface area (Å²) < 4.78 is 18.2. The van der Waals surface area contributed by atoms with Crippen LogP contribution in [0.4, 0.5) is 4.39 Å². The largest absolute Gasteiger partial charge is 0.463 e. The highest BCUT2D eigenvalue weighted by Gasteiger charge is 2.08. The van der Waals surface area contributed by atoms with Crippen LogP contribution in [0, 0.1) is 5.82 Å². The number of benzene rings is 1. The third kappa shape index (κ3) is 2.78.